The van der Waals surface area contributed by atoms with Gasteiger partial charge in [-0.25, -0.2) is 0 Å². The Balaban J connectivity index is 0.00000128. The number of carbonyl (C=O) groups excluding carboxylic acids is 1. The standard InChI is InChI=1S/C13H17NO.ClH/c1-14-9-5-8-12(10-14)13(15)11-6-3-2-4-7-11;/h2-4,6-7,12H,5,8-10H2,1H3;1H. The molecule has 0 saturated carbocycles. The van der Waals surface area contributed by atoms with Crippen LogP contribution in [0.4, 0.5) is 0 Å². The third-order valence-electron chi connectivity index (χ3n) is 3.05. The van der Waals surface area contributed by atoms with Gasteiger partial charge < -0.3 is 4.90 Å². The molecule has 0 amide bonds. The molecule has 0 aromatic heterocycles. The van der Waals surface area contributed by atoms with Gasteiger partial charge in [0.25, 0.3) is 0 Å². The van der Waals surface area contributed by atoms with Gasteiger partial charge in [-0.1, -0.05) is 30.3 Å². The summed E-state index contributed by atoms with van der Waals surface area (Å²) in [6.07, 6.45) is 2.18. The molecular formula is C13H18ClNO. The van der Waals surface area contributed by atoms with E-state index in [1.807, 2.05) is 30.3 Å². The fourth-order valence-electron chi connectivity index (χ4n) is 2.22. The second kappa shape index (κ2) is 6.02. The fourth-order valence-corrected chi connectivity index (χ4v) is 2.22. The lowest BCUT2D eigenvalue weighted by Crippen LogP contribution is -2.36. The molecule has 3 heteroatoms. The minimum Gasteiger partial charge on any atom is -0.306 e. The molecule has 1 aromatic rings. The Morgan fingerprint density at radius 2 is 2.00 bits per heavy atom. The average molecular weight is 240 g/mol. The molecule has 1 saturated heterocycles. The lowest BCUT2D eigenvalue weighted by atomic mass is 9.90. The Morgan fingerprint density at radius 1 is 1.31 bits per heavy atom. The number of hydrogen-bond acceptors (Lipinski definition) is 2. The van der Waals surface area contributed by atoms with Gasteiger partial charge in [0.2, 0.25) is 0 Å². The maximum Gasteiger partial charge on any atom is 0.167 e. The van der Waals surface area contributed by atoms with E-state index in [-0.39, 0.29) is 18.3 Å². The summed E-state index contributed by atoms with van der Waals surface area (Å²) in [6.45, 7) is 2.03. The number of likely N-dealkylation sites (tertiary alicyclic amines) is 1. The molecule has 1 fully saturated rings. The lowest BCUT2D eigenvalue weighted by molar-refractivity contribution is 0.0843. The van der Waals surface area contributed by atoms with Crippen LogP contribution in [0, 0.1) is 5.92 Å². The first-order chi connectivity index (χ1) is 7.27. The van der Waals surface area contributed by atoms with E-state index < -0.39 is 0 Å². The van der Waals surface area contributed by atoms with Gasteiger partial charge >= 0.3 is 0 Å². The summed E-state index contributed by atoms with van der Waals surface area (Å²) in [6, 6.07) is 9.64. The highest BCUT2D eigenvalue weighted by Crippen LogP contribution is 2.19. The quantitative estimate of drug-likeness (QED) is 0.740. The van der Waals surface area contributed by atoms with Crippen LogP contribution in [0.25, 0.3) is 0 Å². The normalized spacial score (nSPS) is 21.2. The smallest absolute Gasteiger partial charge is 0.167 e. The van der Waals surface area contributed by atoms with Gasteiger partial charge in [-0.2, -0.15) is 0 Å². The molecule has 0 bridgehead atoms. The lowest BCUT2D eigenvalue weighted by Gasteiger charge is -2.28. The number of piperidine rings is 1. The first-order valence-electron chi connectivity index (χ1n) is 5.55. The number of rotatable bonds is 2. The van der Waals surface area contributed by atoms with E-state index in [0.717, 1.165) is 31.5 Å². The van der Waals surface area contributed by atoms with Crippen LogP contribution in [0.15, 0.2) is 30.3 Å². The monoisotopic (exact) mass is 239 g/mol. The third-order valence-corrected chi connectivity index (χ3v) is 3.05. The van der Waals surface area contributed by atoms with Crippen molar-refractivity contribution in [3.05, 3.63) is 35.9 Å². The van der Waals surface area contributed by atoms with Crippen molar-refractivity contribution in [3.63, 3.8) is 0 Å². The van der Waals surface area contributed by atoms with Crippen molar-refractivity contribution in [2.75, 3.05) is 20.1 Å². The zero-order chi connectivity index (χ0) is 10.7. The molecule has 0 radical (unpaired) electrons. The van der Waals surface area contributed by atoms with Crippen molar-refractivity contribution in [1.82, 2.24) is 4.90 Å². The van der Waals surface area contributed by atoms with Crippen molar-refractivity contribution in [3.8, 4) is 0 Å². The summed E-state index contributed by atoms with van der Waals surface area (Å²) in [5, 5.41) is 0. The molecule has 1 unspecified atom stereocenters. The van der Waals surface area contributed by atoms with Gasteiger partial charge in [0.15, 0.2) is 5.78 Å². The Labute approximate surface area is 103 Å². The molecule has 2 rings (SSSR count). The molecule has 88 valence electrons. The number of carbonyl (C=O) groups is 1. The molecule has 0 spiro atoms. The number of benzene rings is 1. The molecular weight excluding hydrogens is 222 g/mol. The van der Waals surface area contributed by atoms with E-state index in [2.05, 4.69) is 11.9 Å². The molecule has 0 N–H and O–H groups in total. The Kier molecular flexibility index (Phi) is 4.97. The molecule has 16 heavy (non-hydrogen) atoms. The van der Waals surface area contributed by atoms with E-state index in [4.69, 9.17) is 0 Å². The van der Waals surface area contributed by atoms with Gasteiger partial charge in [-0.05, 0) is 26.4 Å². The molecule has 1 heterocycles. The molecule has 0 aliphatic carbocycles. The van der Waals surface area contributed by atoms with Crippen LogP contribution in [-0.4, -0.2) is 30.8 Å². The van der Waals surface area contributed by atoms with Crippen LogP contribution in [0.2, 0.25) is 0 Å². The summed E-state index contributed by atoms with van der Waals surface area (Å²) < 4.78 is 0. The average Bonchev–Trinajstić information content (AvgIpc) is 2.29. The predicted molar refractivity (Wildman–Crippen MR) is 68.2 cm³/mol. The zero-order valence-corrected chi connectivity index (χ0v) is 10.4. The summed E-state index contributed by atoms with van der Waals surface area (Å²) in [7, 11) is 2.09. The first-order valence-corrected chi connectivity index (χ1v) is 5.55. The molecule has 2 nitrogen and oxygen atoms in total. The molecule has 1 aliphatic heterocycles. The summed E-state index contributed by atoms with van der Waals surface area (Å²) in [4.78, 5) is 14.4. The minimum atomic E-state index is 0. The van der Waals surface area contributed by atoms with Crippen LogP contribution in [0.5, 0.6) is 0 Å². The van der Waals surface area contributed by atoms with Crippen molar-refractivity contribution in [2.45, 2.75) is 12.8 Å². The van der Waals surface area contributed by atoms with E-state index in [1.165, 1.54) is 0 Å². The highest BCUT2D eigenvalue weighted by molar-refractivity contribution is 5.98. The van der Waals surface area contributed by atoms with Gasteiger partial charge in [0, 0.05) is 18.0 Å². The van der Waals surface area contributed by atoms with E-state index in [1.54, 1.807) is 0 Å². The minimum absolute atomic E-state index is 0. The number of hydrogen-bond donors (Lipinski definition) is 0. The Morgan fingerprint density at radius 3 is 2.62 bits per heavy atom. The topological polar surface area (TPSA) is 20.3 Å². The summed E-state index contributed by atoms with van der Waals surface area (Å²) in [5.74, 6) is 0.508. The van der Waals surface area contributed by atoms with Crippen LogP contribution >= 0.6 is 12.4 Å². The van der Waals surface area contributed by atoms with Gasteiger partial charge in [0.1, 0.15) is 0 Å². The fraction of sp³-hybridized carbons (Fsp3) is 0.462. The van der Waals surface area contributed by atoms with Gasteiger partial charge in [-0.3, -0.25) is 4.79 Å². The zero-order valence-electron chi connectivity index (χ0n) is 9.56. The van der Waals surface area contributed by atoms with E-state index in [0.29, 0.717) is 5.78 Å². The second-order valence-electron chi connectivity index (χ2n) is 4.33. The molecule has 1 atom stereocenters. The van der Waals surface area contributed by atoms with E-state index >= 15 is 0 Å². The van der Waals surface area contributed by atoms with Crippen LogP contribution < -0.4 is 0 Å². The van der Waals surface area contributed by atoms with Crippen LogP contribution in [0.1, 0.15) is 23.2 Å². The first kappa shape index (κ1) is 13.2. The van der Waals surface area contributed by atoms with Gasteiger partial charge in [0.05, 0.1) is 0 Å². The van der Waals surface area contributed by atoms with Crippen molar-refractivity contribution in [2.24, 2.45) is 5.92 Å². The highest BCUT2D eigenvalue weighted by Gasteiger charge is 2.24. The van der Waals surface area contributed by atoms with Gasteiger partial charge in [-0.15, -0.1) is 12.4 Å². The molecule has 1 aliphatic rings. The largest absolute Gasteiger partial charge is 0.306 e. The second-order valence-corrected chi connectivity index (χ2v) is 4.33. The number of ketones is 1. The van der Waals surface area contributed by atoms with Crippen molar-refractivity contribution >= 4 is 18.2 Å². The van der Waals surface area contributed by atoms with E-state index in [9.17, 15) is 4.79 Å². The van der Waals surface area contributed by atoms with Crippen molar-refractivity contribution in [1.29, 1.82) is 0 Å². The predicted octanol–water partition coefficient (Wildman–Crippen LogP) is 2.63. The molecule has 1 aromatic carbocycles. The highest BCUT2D eigenvalue weighted by atomic mass is 35.5. The summed E-state index contributed by atoms with van der Waals surface area (Å²) >= 11 is 0. The number of halogens is 1. The third kappa shape index (κ3) is 3.06. The maximum atomic E-state index is 12.1. The number of nitrogens with zero attached hydrogens (tertiary/aromatic N) is 1. The number of Topliss-reactive ketones (excluding diaryl/α,β-unsaturated/α-hetero) is 1. The SMILES string of the molecule is CN1CCCC(C(=O)c2ccccc2)C1.Cl. The van der Waals surface area contributed by atoms with Crippen LogP contribution in [-0.2, 0) is 0 Å². The summed E-state index contributed by atoms with van der Waals surface area (Å²) in [5.41, 5.74) is 0.859. The Hall–Kier alpha value is -0.860. The van der Waals surface area contributed by atoms with Crippen molar-refractivity contribution < 1.29 is 4.79 Å². The van der Waals surface area contributed by atoms with Crippen LogP contribution in [0.3, 0.4) is 0 Å². The maximum absolute atomic E-state index is 12.1. The Bertz CT molecular complexity index is 339.